The zero-order valence-electron chi connectivity index (χ0n) is 11.5. The molecule has 112 valence electrons. The summed E-state index contributed by atoms with van der Waals surface area (Å²) in [5, 5.41) is 12.0. The van der Waals surface area contributed by atoms with E-state index in [4.69, 9.17) is 0 Å². The van der Waals surface area contributed by atoms with Crippen molar-refractivity contribution in [2.75, 3.05) is 0 Å². The quantitative estimate of drug-likeness (QED) is 0.682. The predicted octanol–water partition coefficient (Wildman–Crippen LogP) is 2.39. The first-order valence-electron chi connectivity index (χ1n) is 6.62. The summed E-state index contributed by atoms with van der Waals surface area (Å²) in [6, 6.07) is 10.5. The van der Waals surface area contributed by atoms with Gasteiger partial charge >= 0.3 is 0 Å². The number of carbonyl (C=O) groups is 1. The Morgan fingerprint density at radius 2 is 1.95 bits per heavy atom. The van der Waals surface area contributed by atoms with Crippen LogP contribution in [0.1, 0.15) is 21.5 Å². The summed E-state index contributed by atoms with van der Waals surface area (Å²) < 4.78 is 13.8. The number of nitro benzene ring substituents is 1. The third-order valence-electron chi connectivity index (χ3n) is 3.54. The number of amides is 1. The average molecular weight is 301 g/mol. The van der Waals surface area contributed by atoms with Gasteiger partial charge in [-0.05, 0) is 17.2 Å². The maximum absolute atomic E-state index is 13.8. The van der Waals surface area contributed by atoms with Gasteiger partial charge in [0.25, 0.3) is 11.6 Å². The van der Waals surface area contributed by atoms with Crippen LogP contribution in [0.25, 0.3) is 0 Å². The minimum atomic E-state index is -0.781. The Labute approximate surface area is 125 Å². The summed E-state index contributed by atoms with van der Waals surface area (Å²) in [4.78, 5) is 22.5. The number of hydrogen-bond donors (Lipinski definition) is 1. The van der Waals surface area contributed by atoms with Crippen LogP contribution >= 0.6 is 0 Å². The second-order valence-corrected chi connectivity index (χ2v) is 4.92. The van der Waals surface area contributed by atoms with E-state index in [1.807, 2.05) is 24.3 Å². The molecule has 0 bridgehead atoms. The number of rotatable bonds is 2. The minimum Gasteiger partial charge on any atom is -0.269 e. The molecule has 0 aliphatic carbocycles. The first-order chi connectivity index (χ1) is 10.6. The van der Waals surface area contributed by atoms with Gasteiger partial charge in [0.1, 0.15) is 5.82 Å². The standard InChI is InChI=1S/C15H12FN3O3/c16-14-6-5-12(19(21)22)7-13(14)15(20)18-9-11-4-2-1-3-10(11)8-17-18/h1-7,17H,8-9H2. The van der Waals surface area contributed by atoms with Crippen LogP contribution in [0, 0.1) is 15.9 Å². The Hall–Kier alpha value is -2.80. The SMILES string of the molecule is O=C(c1cc([N+](=O)[O-])ccc1F)N1Cc2ccccc2CN1. The van der Waals surface area contributed by atoms with Gasteiger partial charge in [0.15, 0.2) is 0 Å². The topological polar surface area (TPSA) is 75.5 Å². The molecule has 1 heterocycles. The smallest absolute Gasteiger partial charge is 0.269 e. The highest BCUT2D eigenvalue weighted by Crippen LogP contribution is 2.21. The van der Waals surface area contributed by atoms with Gasteiger partial charge in [-0.2, -0.15) is 0 Å². The predicted molar refractivity (Wildman–Crippen MR) is 76.2 cm³/mol. The molecule has 0 saturated heterocycles. The van der Waals surface area contributed by atoms with Gasteiger partial charge in [-0.3, -0.25) is 19.9 Å². The molecule has 0 unspecified atom stereocenters. The Morgan fingerprint density at radius 1 is 1.23 bits per heavy atom. The van der Waals surface area contributed by atoms with Crippen molar-refractivity contribution in [1.82, 2.24) is 10.4 Å². The molecule has 1 N–H and O–H groups in total. The van der Waals surface area contributed by atoms with E-state index in [0.717, 1.165) is 29.3 Å². The maximum Gasteiger partial charge on any atom is 0.271 e. The Morgan fingerprint density at radius 3 is 2.68 bits per heavy atom. The van der Waals surface area contributed by atoms with Crippen LogP contribution in [0.5, 0.6) is 0 Å². The van der Waals surface area contributed by atoms with Crippen molar-refractivity contribution < 1.29 is 14.1 Å². The zero-order chi connectivity index (χ0) is 15.7. The van der Waals surface area contributed by atoms with Crippen molar-refractivity contribution in [3.8, 4) is 0 Å². The van der Waals surface area contributed by atoms with Crippen LogP contribution in [0.15, 0.2) is 42.5 Å². The maximum atomic E-state index is 13.8. The zero-order valence-corrected chi connectivity index (χ0v) is 11.5. The van der Waals surface area contributed by atoms with Gasteiger partial charge in [-0.25, -0.2) is 9.82 Å². The first kappa shape index (κ1) is 14.2. The number of non-ortho nitro benzene ring substituents is 1. The van der Waals surface area contributed by atoms with Gasteiger partial charge < -0.3 is 0 Å². The number of carbonyl (C=O) groups excluding carboxylic acids is 1. The lowest BCUT2D eigenvalue weighted by Gasteiger charge is -2.29. The van der Waals surface area contributed by atoms with E-state index in [2.05, 4.69) is 5.43 Å². The Kier molecular flexibility index (Phi) is 3.56. The Bertz CT molecular complexity index is 763. The molecule has 2 aromatic rings. The summed E-state index contributed by atoms with van der Waals surface area (Å²) in [6.07, 6.45) is 0. The summed E-state index contributed by atoms with van der Waals surface area (Å²) in [5.41, 5.74) is 4.28. The number of fused-ring (bicyclic) bond motifs is 1. The molecule has 0 radical (unpaired) electrons. The van der Waals surface area contributed by atoms with Crippen LogP contribution in [0.3, 0.4) is 0 Å². The lowest BCUT2D eigenvalue weighted by molar-refractivity contribution is -0.384. The number of nitrogens with zero attached hydrogens (tertiary/aromatic N) is 2. The van der Waals surface area contributed by atoms with Crippen LogP contribution in [-0.2, 0) is 13.1 Å². The molecular weight excluding hydrogens is 289 g/mol. The highest BCUT2D eigenvalue weighted by atomic mass is 19.1. The molecule has 0 saturated carbocycles. The molecule has 6 nitrogen and oxygen atoms in total. The number of halogens is 1. The third kappa shape index (κ3) is 2.53. The first-order valence-corrected chi connectivity index (χ1v) is 6.62. The average Bonchev–Trinajstić information content (AvgIpc) is 2.54. The number of benzene rings is 2. The van der Waals surface area contributed by atoms with Crippen molar-refractivity contribution in [3.05, 3.63) is 75.1 Å². The fourth-order valence-corrected chi connectivity index (χ4v) is 2.37. The van der Waals surface area contributed by atoms with Gasteiger partial charge in [0, 0.05) is 18.7 Å². The third-order valence-corrected chi connectivity index (χ3v) is 3.54. The second-order valence-electron chi connectivity index (χ2n) is 4.92. The summed E-state index contributed by atoms with van der Waals surface area (Å²) >= 11 is 0. The van der Waals surface area contributed by atoms with E-state index in [9.17, 15) is 19.3 Å². The number of hydrogen-bond acceptors (Lipinski definition) is 4. The van der Waals surface area contributed by atoms with E-state index in [0.29, 0.717) is 6.54 Å². The molecule has 22 heavy (non-hydrogen) atoms. The fraction of sp³-hybridized carbons (Fsp3) is 0.133. The molecule has 3 rings (SSSR count). The molecule has 2 aromatic carbocycles. The molecule has 0 aromatic heterocycles. The van der Waals surface area contributed by atoms with Crippen molar-refractivity contribution in [2.45, 2.75) is 13.1 Å². The van der Waals surface area contributed by atoms with E-state index >= 15 is 0 Å². The van der Waals surface area contributed by atoms with Gasteiger partial charge in [0.05, 0.1) is 17.0 Å². The number of nitrogens with one attached hydrogen (secondary N) is 1. The molecule has 7 heteroatoms. The second kappa shape index (κ2) is 5.53. The number of hydrazine groups is 1. The van der Waals surface area contributed by atoms with Gasteiger partial charge in [-0.15, -0.1) is 0 Å². The molecule has 1 amide bonds. The van der Waals surface area contributed by atoms with E-state index in [1.165, 1.54) is 5.01 Å². The van der Waals surface area contributed by atoms with Crippen LogP contribution in [0.2, 0.25) is 0 Å². The normalized spacial score (nSPS) is 13.6. The fourth-order valence-electron chi connectivity index (χ4n) is 2.37. The minimum absolute atomic E-state index is 0.275. The van der Waals surface area contributed by atoms with E-state index in [1.54, 1.807) is 0 Å². The van der Waals surface area contributed by atoms with Gasteiger partial charge in [-0.1, -0.05) is 24.3 Å². The summed E-state index contributed by atoms with van der Waals surface area (Å²) in [6.45, 7) is 0.718. The van der Waals surface area contributed by atoms with Crippen molar-refractivity contribution in [1.29, 1.82) is 0 Å². The van der Waals surface area contributed by atoms with E-state index in [-0.39, 0.29) is 17.8 Å². The largest absolute Gasteiger partial charge is 0.271 e. The highest BCUT2D eigenvalue weighted by Gasteiger charge is 2.25. The van der Waals surface area contributed by atoms with Crippen molar-refractivity contribution >= 4 is 11.6 Å². The van der Waals surface area contributed by atoms with Crippen molar-refractivity contribution in [2.24, 2.45) is 0 Å². The van der Waals surface area contributed by atoms with Gasteiger partial charge in [0.2, 0.25) is 0 Å². The monoisotopic (exact) mass is 301 g/mol. The summed E-state index contributed by atoms with van der Waals surface area (Å²) in [7, 11) is 0. The molecular formula is C15H12FN3O3. The summed E-state index contributed by atoms with van der Waals surface area (Å²) in [5.74, 6) is -1.41. The van der Waals surface area contributed by atoms with E-state index < -0.39 is 16.6 Å². The molecule has 1 aliphatic heterocycles. The molecule has 0 fully saturated rings. The molecule has 0 atom stereocenters. The van der Waals surface area contributed by atoms with Crippen LogP contribution in [0.4, 0.5) is 10.1 Å². The lowest BCUT2D eigenvalue weighted by atomic mass is 10.1. The molecule has 0 spiro atoms. The lowest BCUT2D eigenvalue weighted by Crippen LogP contribution is -2.45. The molecule has 1 aliphatic rings. The van der Waals surface area contributed by atoms with Crippen LogP contribution < -0.4 is 5.43 Å². The number of nitro groups is 1. The van der Waals surface area contributed by atoms with Crippen LogP contribution in [-0.4, -0.2) is 15.8 Å². The Balaban J connectivity index is 1.89. The highest BCUT2D eigenvalue weighted by molar-refractivity contribution is 5.95. The van der Waals surface area contributed by atoms with Crippen molar-refractivity contribution in [3.63, 3.8) is 0 Å².